The summed E-state index contributed by atoms with van der Waals surface area (Å²) >= 11 is 1.27. The molecule has 0 saturated heterocycles. The fourth-order valence-electron chi connectivity index (χ4n) is 4.00. The van der Waals surface area contributed by atoms with Crippen LogP contribution in [0.2, 0.25) is 0 Å². The van der Waals surface area contributed by atoms with Crippen LogP contribution in [0.1, 0.15) is 53.6 Å². The van der Waals surface area contributed by atoms with E-state index in [0.717, 1.165) is 31.2 Å². The molecule has 2 aromatic carbocycles. The van der Waals surface area contributed by atoms with Crippen molar-refractivity contribution >= 4 is 34.4 Å². The van der Waals surface area contributed by atoms with Crippen LogP contribution in [0, 0.1) is 18.8 Å². The van der Waals surface area contributed by atoms with Crippen LogP contribution in [0.4, 0.5) is 5.69 Å². The number of carboxylic acids is 1. The number of hydrogen-bond acceptors (Lipinski definition) is 4. The Labute approximate surface area is 187 Å². The molecule has 0 spiro atoms. The Kier molecular flexibility index (Phi) is 8.29. The van der Waals surface area contributed by atoms with Gasteiger partial charge in [-0.25, -0.2) is 4.79 Å². The van der Waals surface area contributed by atoms with Crippen molar-refractivity contribution in [1.82, 2.24) is 0 Å². The number of aromatic carboxylic acids is 1. The summed E-state index contributed by atoms with van der Waals surface area (Å²) in [4.78, 5) is 37.2. The van der Waals surface area contributed by atoms with Gasteiger partial charge in [-0.3, -0.25) is 9.59 Å². The molecule has 164 valence electrons. The first-order valence-electron chi connectivity index (χ1n) is 10.8. The van der Waals surface area contributed by atoms with Crippen molar-refractivity contribution in [2.75, 3.05) is 11.1 Å². The minimum Gasteiger partial charge on any atom is -0.478 e. The predicted molar refractivity (Wildman–Crippen MR) is 124 cm³/mol. The Morgan fingerprint density at radius 1 is 1.03 bits per heavy atom. The number of carbonyl (C=O) groups is 3. The number of amides is 1. The fraction of sp³-hybridized carbons (Fsp3) is 0.400. The lowest BCUT2D eigenvalue weighted by Gasteiger charge is -2.22. The summed E-state index contributed by atoms with van der Waals surface area (Å²) in [5.74, 6) is -1.10. The molecule has 0 radical (unpaired) electrons. The van der Waals surface area contributed by atoms with Gasteiger partial charge in [-0.2, -0.15) is 0 Å². The van der Waals surface area contributed by atoms with Crippen LogP contribution in [-0.4, -0.2) is 27.9 Å². The van der Waals surface area contributed by atoms with Gasteiger partial charge in [0.2, 0.25) is 5.91 Å². The molecule has 0 bridgehead atoms. The quantitative estimate of drug-likeness (QED) is 0.581. The number of benzene rings is 2. The molecule has 1 aliphatic carbocycles. The van der Waals surface area contributed by atoms with Crippen molar-refractivity contribution in [2.24, 2.45) is 11.8 Å². The molecular weight excluding hydrogens is 410 g/mol. The largest absolute Gasteiger partial charge is 0.478 e. The number of rotatable bonds is 8. The predicted octanol–water partition coefficient (Wildman–Crippen LogP) is 5.33. The minimum absolute atomic E-state index is 0.105. The average Bonchev–Trinajstić information content (AvgIpc) is 2.78. The van der Waals surface area contributed by atoms with Crippen LogP contribution < -0.4 is 5.32 Å². The second-order valence-electron chi connectivity index (χ2n) is 8.12. The Hall–Kier alpha value is -2.60. The molecule has 2 N–H and O–H groups in total. The van der Waals surface area contributed by atoms with Crippen molar-refractivity contribution in [3.8, 4) is 0 Å². The highest BCUT2D eigenvalue weighted by molar-refractivity contribution is 8.13. The third-order valence-electron chi connectivity index (χ3n) is 5.88. The third-order valence-corrected chi connectivity index (χ3v) is 7.07. The van der Waals surface area contributed by atoms with E-state index in [2.05, 4.69) is 5.32 Å². The van der Waals surface area contributed by atoms with Gasteiger partial charge in [-0.05, 0) is 49.4 Å². The Morgan fingerprint density at radius 3 is 2.42 bits per heavy atom. The molecule has 0 aromatic heterocycles. The normalized spacial score (nSPS) is 15.3. The maximum atomic E-state index is 13.2. The Morgan fingerprint density at radius 2 is 1.74 bits per heavy atom. The van der Waals surface area contributed by atoms with Gasteiger partial charge in [0.15, 0.2) is 5.12 Å². The lowest BCUT2D eigenvalue weighted by molar-refractivity contribution is -0.119. The summed E-state index contributed by atoms with van der Waals surface area (Å²) < 4.78 is 0. The van der Waals surface area contributed by atoms with Gasteiger partial charge < -0.3 is 10.4 Å². The summed E-state index contributed by atoms with van der Waals surface area (Å²) in [7, 11) is 0. The minimum atomic E-state index is -1.02. The molecule has 3 rings (SSSR count). The van der Waals surface area contributed by atoms with Crippen LogP contribution >= 0.6 is 11.8 Å². The molecule has 31 heavy (non-hydrogen) atoms. The average molecular weight is 440 g/mol. The molecular formula is C25H29NO4S. The van der Waals surface area contributed by atoms with Gasteiger partial charge in [-0.1, -0.05) is 67.4 Å². The van der Waals surface area contributed by atoms with Gasteiger partial charge in [-0.15, -0.1) is 0 Å². The van der Waals surface area contributed by atoms with E-state index in [1.54, 1.807) is 19.1 Å². The molecule has 1 fully saturated rings. The number of carboxylic acid groups (broad SMARTS) is 1. The van der Waals surface area contributed by atoms with Crippen molar-refractivity contribution in [3.05, 3.63) is 65.2 Å². The highest BCUT2D eigenvalue weighted by Gasteiger charge is 2.26. The van der Waals surface area contributed by atoms with Gasteiger partial charge in [0.25, 0.3) is 0 Å². The van der Waals surface area contributed by atoms with Gasteiger partial charge >= 0.3 is 5.97 Å². The topological polar surface area (TPSA) is 83.5 Å². The SMILES string of the molecule is Cc1c(NC(=O)C(CSC(=O)C2CCCCC2)Cc2ccccc2)cccc1C(=O)O. The van der Waals surface area contributed by atoms with E-state index < -0.39 is 11.9 Å². The van der Waals surface area contributed by atoms with Crippen LogP contribution in [-0.2, 0) is 16.0 Å². The number of hydrogen-bond donors (Lipinski definition) is 2. The molecule has 1 unspecified atom stereocenters. The highest BCUT2D eigenvalue weighted by Crippen LogP contribution is 2.30. The van der Waals surface area contributed by atoms with Crippen LogP contribution in [0.25, 0.3) is 0 Å². The maximum Gasteiger partial charge on any atom is 0.336 e. The van der Waals surface area contributed by atoms with E-state index in [4.69, 9.17) is 0 Å². The number of carbonyl (C=O) groups excluding carboxylic acids is 2. The zero-order chi connectivity index (χ0) is 22.2. The Balaban J connectivity index is 1.72. The van der Waals surface area contributed by atoms with E-state index in [0.29, 0.717) is 23.4 Å². The molecule has 1 aliphatic rings. The molecule has 0 aliphatic heterocycles. The molecule has 5 nitrogen and oxygen atoms in total. The van der Waals surface area contributed by atoms with Crippen molar-refractivity contribution in [2.45, 2.75) is 45.4 Å². The number of thioether (sulfide) groups is 1. The molecule has 1 saturated carbocycles. The van der Waals surface area contributed by atoms with E-state index in [-0.39, 0.29) is 22.5 Å². The Bertz CT molecular complexity index is 922. The zero-order valence-electron chi connectivity index (χ0n) is 17.8. The number of anilines is 1. The zero-order valence-corrected chi connectivity index (χ0v) is 18.6. The summed E-state index contributed by atoms with van der Waals surface area (Å²) in [5.41, 5.74) is 2.21. The van der Waals surface area contributed by atoms with Crippen molar-refractivity contribution in [3.63, 3.8) is 0 Å². The van der Waals surface area contributed by atoms with Crippen molar-refractivity contribution in [1.29, 1.82) is 0 Å². The monoisotopic (exact) mass is 439 g/mol. The molecule has 6 heteroatoms. The maximum absolute atomic E-state index is 13.2. The number of nitrogens with one attached hydrogen (secondary N) is 1. The summed E-state index contributed by atoms with van der Waals surface area (Å²) in [6.07, 6.45) is 5.82. The third kappa shape index (κ3) is 6.44. The van der Waals surface area contributed by atoms with Gasteiger partial charge in [0.05, 0.1) is 11.5 Å². The standard InChI is InChI=1S/C25H29NO4S/c1-17-21(24(28)29)13-8-14-22(17)26-23(27)20(15-18-9-4-2-5-10-18)16-31-25(30)19-11-6-3-7-12-19/h2,4-5,8-10,13-14,19-20H,3,6-7,11-12,15-16H2,1H3,(H,26,27)(H,28,29). The first-order chi connectivity index (χ1) is 15.0. The molecule has 1 atom stereocenters. The highest BCUT2D eigenvalue weighted by atomic mass is 32.2. The van der Waals surface area contributed by atoms with E-state index in [1.807, 2.05) is 30.3 Å². The fourth-order valence-corrected chi connectivity index (χ4v) is 5.11. The van der Waals surface area contributed by atoms with Crippen molar-refractivity contribution < 1.29 is 19.5 Å². The first-order valence-corrected chi connectivity index (χ1v) is 11.8. The van der Waals surface area contributed by atoms with E-state index in [1.165, 1.54) is 24.2 Å². The van der Waals surface area contributed by atoms with Gasteiger partial charge in [0.1, 0.15) is 0 Å². The van der Waals surface area contributed by atoms with Crippen LogP contribution in [0.15, 0.2) is 48.5 Å². The summed E-state index contributed by atoms with van der Waals surface area (Å²) in [5, 5.41) is 12.4. The van der Waals surface area contributed by atoms with Crippen LogP contribution in [0.3, 0.4) is 0 Å². The first kappa shape index (κ1) is 23.1. The second-order valence-corrected chi connectivity index (χ2v) is 9.15. The second kappa shape index (κ2) is 11.1. The molecule has 0 heterocycles. The molecule has 1 amide bonds. The van der Waals surface area contributed by atoms with Gasteiger partial charge in [0, 0.05) is 17.4 Å². The van der Waals surface area contributed by atoms with Crippen LogP contribution in [0.5, 0.6) is 0 Å². The summed E-state index contributed by atoms with van der Waals surface area (Å²) in [6, 6.07) is 14.6. The van der Waals surface area contributed by atoms with E-state index in [9.17, 15) is 19.5 Å². The summed E-state index contributed by atoms with van der Waals surface area (Å²) in [6.45, 7) is 1.69. The smallest absolute Gasteiger partial charge is 0.336 e. The lowest BCUT2D eigenvalue weighted by Crippen LogP contribution is -2.28. The van der Waals surface area contributed by atoms with E-state index >= 15 is 0 Å². The molecule has 2 aromatic rings. The lowest BCUT2D eigenvalue weighted by atomic mass is 9.90.